The zero-order chi connectivity index (χ0) is 9.23. The molecule has 0 aliphatic heterocycles. The van der Waals surface area contributed by atoms with Crippen molar-refractivity contribution in [1.82, 2.24) is 0 Å². The predicted octanol–water partition coefficient (Wildman–Crippen LogP) is 2.82. The van der Waals surface area contributed by atoms with Crippen molar-refractivity contribution >= 4 is 6.47 Å². The quantitative estimate of drug-likeness (QED) is 0.561. The summed E-state index contributed by atoms with van der Waals surface area (Å²) in [5, 5.41) is 0. The molecule has 12 heavy (non-hydrogen) atoms. The van der Waals surface area contributed by atoms with E-state index in [-0.39, 0.29) is 6.10 Å². The molecule has 0 heterocycles. The van der Waals surface area contributed by atoms with Gasteiger partial charge in [0.2, 0.25) is 0 Å². The number of unbranched alkanes of at least 4 members (excludes halogenated alkanes) is 2. The lowest BCUT2D eigenvalue weighted by atomic mass is 10.1. The van der Waals surface area contributed by atoms with Gasteiger partial charge in [0.1, 0.15) is 6.10 Å². The van der Waals surface area contributed by atoms with E-state index in [0.717, 1.165) is 38.5 Å². The van der Waals surface area contributed by atoms with Crippen molar-refractivity contribution in [3.63, 3.8) is 0 Å². The van der Waals surface area contributed by atoms with Crippen LogP contribution in [0, 0.1) is 0 Å². The number of ether oxygens (including phenoxy) is 1. The van der Waals surface area contributed by atoms with Gasteiger partial charge in [0.05, 0.1) is 0 Å². The largest absolute Gasteiger partial charge is 0.454 e. The molecule has 0 aliphatic rings. The molecule has 2 nitrogen and oxygen atoms in total. The average Bonchev–Trinajstić information content (AvgIpc) is 2.10. The van der Waals surface area contributed by atoms with Crippen molar-refractivity contribution in [3.8, 4) is 0 Å². The summed E-state index contributed by atoms with van der Waals surface area (Å²) in [5.41, 5.74) is 0. The summed E-state index contributed by atoms with van der Waals surface area (Å²) < 4.78 is 4.84. The molecule has 0 aromatic heterocycles. The van der Waals surface area contributed by atoms with Crippen molar-refractivity contribution < 1.29 is 9.53 Å². The number of hydrogen-bond donors (Lipinski definition) is 0. The third-order valence-corrected chi connectivity index (χ3v) is 1.97. The molecular weight excluding hydrogens is 152 g/mol. The fraction of sp³-hybridized carbons (Fsp3) is 0.900. The van der Waals surface area contributed by atoms with Gasteiger partial charge >= 0.3 is 6.47 Å². The predicted molar refractivity (Wildman–Crippen MR) is 49.6 cm³/mol. The minimum atomic E-state index is 0.113. The Labute approximate surface area is 75.3 Å². The van der Waals surface area contributed by atoms with Crippen LogP contribution in [-0.2, 0) is 9.53 Å². The normalized spacial score (nSPS) is 10.2. The van der Waals surface area contributed by atoms with E-state index in [4.69, 9.17) is 4.74 Å². The van der Waals surface area contributed by atoms with Crippen LogP contribution in [0.5, 0.6) is 0 Å². The lowest BCUT2D eigenvalue weighted by molar-refractivity contribution is 0.152. The molecule has 0 saturated heterocycles. The molecule has 2 heteroatoms. The fourth-order valence-corrected chi connectivity index (χ4v) is 1.19. The van der Waals surface area contributed by atoms with Gasteiger partial charge in [-0.2, -0.15) is 0 Å². The van der Waals surface area contributed by atoms with Crippen LogP contribution in [0.3, 0.4) is 0 Å². The molecule has 0 spiro atoms. The highest BCUT2D eigenvalue weighted by Crippen LogP contribution is 2.11. The Bertz CT molecular complexity index is 94.0. The molecule has 0 fully saturated rings. The summed E-state index contributed by atoms with van der Waals surface area (Å²) in [4.78, 5) is 9.99. The van der Waals surface area contributed by atoms with E-state index < -0.39 is 0 Å². The van der Waals surface area contributed by atoms with Crippen LogP contribution in [0.15, 0.2) is 0 Å². The van der Waals surface area contributed by atoms with Crippen molar-refractivity contribution in [3.05, 3.63) is 0 Å². The first-order valence-corrected chi connectivity index (χ1v) is 4.87. The molecule has 0 unspecified atom stereocenters. The first kappa shape index (κ1) is 11.5. The Hall–Kier alpha value is -0.530. The van der Waals surface area contributed by atoms with Crippen LogP contribution < -0.4 is 0 Å². The van der Waals surface area contributed by atoms with Crippen molar-refractivity contribution in [1.29, 1.82) is 0 Å². The van der Waals surface area contributed by atoms with Crippen LogP contribution in [-0.4, -0.2) is 12.6 Å². The van der Waals surface area contributed by atoms with E-state index in [2.05, 4.69) is 13.8 Å². The number of hydrogen-bond acceptors (Lipinski definition) is 2. The van der Waals surface area contributed by atoms with Crippen LogP contribution in [0.2, 0.25) is 0 Å². The molecule has 0 atom stereocenters. The lowest BCUT2D eigenvalue weighted by Crippen LogP contribution is -2.11. The summed E-state index contributed by atoms with van der Waals surface area (Å²) in [7, 11) is 0. The van der Waals surface area contributed by atoms with Crippen LogP contribution in [0.1, 0.15) is 52.4 Å². The second-order valence-corrected chi connectivity index (χ2v) is 3.11. The second-order valence-electron chi connectivity index (χ2n) is 3.11. The minimum Gasteiger partial charge on any atom is -0.454 e. The summed E-state index contributed by atoms with van der Waals surface area (Å²) in [6, 6.07) is 0. The molecule has 0 amide bonds. The van der Waals surface area contributed by atoms with Gasteiger partial charge in [-0.3, -0.25) is 0 Å². The summed E-state index contributed by atoms with van der Waals surface area (Å²) in [6.45, 7) is 5.82. The van der Waals surface area contributed by atoms with E-state index in [1.807, 2.05) is 0 Å². The minimum absolute atomic E-state index is 0.113. The molecule has 1 radical (unpaired) electrons. The summed E-state index contributed by atoms with van der Waals surface area (Å²) in [5.74, 6) is 0. The van der Waals surface area contributed by atoms with Crippen LogP contribution >= 0.6 is 0 Å². The molecule has 71 valence electrons. The Balaban J connectivity index is 3.46. The van der Waals surface area contributed by atoms with E-state index in [1.165, 1.54) is 6.47 Å². The summed E-state index contributed by atoms with van der Waals surface area (Å²) >= 11 is 0. The lowest BCUT2D eigenvalue weighted by Gasteiger charge is -2.12. The zero-order valence-corrected chi connectivity index (χ0v) is 8.14. The highest BCUT2D eigenvalue weighted by molar-refractivity contribution is 5.38. The van der Waals surface area contributed by atoms with E-state index in [0.29, 0.717) is 0 Å². The molecule has 0 rings (SSSR count). The van der Waals surface area contributed by atoms with Crippen molar-refractivity contribution in [2.24, 2.45) is 0 Å². The standard InChI is InChI=1S/C10H19O2/c1-3-5-7-10(12-9-11)8-6-4-2/h10H,3-8H2,1-2H3. The Morgan fingerprint density at radius 2 is 1.67 bits per heavy atom. The smallest absolute Gasteiger partial charge is 0.417 e. The first-order chi connectivity index (χ1) is 5.85. The Morgan fingerprint density at radius 3 is 2.00 bits per heavy atom. The van der Waals surface area contributed by atoms with Gasteiger partial charge in [-0.25, -0.2) is 4.79 Å². The van der Waals surface area contributed by atoms with Gasteiger partial charge in [-0.05, 0) is 12.8 Å². The maximum atomic E-state index is 9.99. The van der Waals surface area contributed by atoms with Gasteiger partial charge in [0.15, 0.2) is 0 Å². The first-order valence-electron chi connectivity index (χ1n) is 4.87. The topological polar surface area (TPSA) is 26.3 Å². The van der Waals surface area contributed by atoms with Gasteiger partial charge < -0.3 is 4.74 Å². The molecule has 0 aliphatic carbocycles. The summed E-state index contributed by atoms with van der Waals surface area (Å²) in [6.07, 6.45) is 6.68. The van der Waals surface area contributed by atoms with Gasteiger partial charge in [-0.15, -0.1) is 0 Å². The van der Waals surface area contributed by atoms with Gasteiger partial charge in [0.25, 0.3) is 0 Å². The molecular formula is C10H19O2. The van der Waals surface area contributed by atoms with E-state index in [1.54, 1.807) is 0 Å². The maximum absolute atomic E-state index is 9.99. The number of carbonyl (C=O) groups excluding carboxylic acids is 1. The van der Waals surface area contributed by atoms with Gasteiger partial charge in [-0.1, -0.05) is 39.5 Å². The molecule has 0 bridgehead atoms. The molecule has 0 N–H and O–H groups in total. The molecule has 0 saturated carbocycles. The number of rotatable bonds is 8. The highest BCUT2D eigenvalue weighted by atomic mass is 16.5. The van der Waals surface area contributed by atoms with E-state index in [9.17, 15) is 4.79 Å². The maximum Gasteiger partial charge on any atom is 0.417 e. The zero-order valence-electron chi connectivity index (χ0n) is 8.14. The SMILES string of the molecule is CCCCC(CCCC)O[C]=O. The fourth-order valence-electron chi connectivity index (χ4n) is 1.19. The van der Waals surface area contributed by atoms with Crippen molar-refractivity contribution in [2.45, 2.75) is 58.5 Å². The second kappa shape index (κ2) is 8.57. The molecule has 0 aromatic carbocycles. The Kier molecular flexibility index (Phi) is 8.19. The van der Waals surface area contributed by atoms with Crippen LogP contribution in [0.4, 0.5) is 0 Å². The highest BCUT2D eigenvalue weighted by Gasteiger charge is 2.07. The molecule has 0 aromatic rings. The monoisotopic (exact) mass is 171 g/mol. The third-order valence-electron chi connectivity index (χ3n) is 1.97. The van der Waals surface area contributed by atoms with Crippen LogP contribution in [0.25, 0.3) is 0 Å². The third kappa shape index (κ3) is 6.20. The van der Waals surface area contributed by atoms with Gasteiger partial charge in [0, 0.05) is 0 Å². The van der Waals surface area contributed by atoms with E-state index >= 15 is 0 Å². The average molecular weight is 171 g/mol. The van der Waals surface area contributed by atoms with Crippen molar-refractivity contribution in [2.75, 3.05) is 0 Å². The Morgan fingerprint density at radius 1 is 1.17 bits per heavy atom.